The molecule has 0 amide bonds. The Morgan fingerprint density at radius 1 is 1.32 bits per heavy atom. The molecule has 0 aliphatic rings. The first-order valence-electron chi connectivity index (χ1n) is 6.01. The molecule has 0 aromatic carbocycles. The molecule has 0 fully saturated rings. The minimum absolute atomic E-state index is 0.105. The summed E-state index contributed by atoms with van der Waals surface area (Å²) in [5.74, 6) is 1.05. The van der Waals surface area contributed by atoms with Crippen molar-refractivity contribution in [3.8, 4) is 0 Å². The molecule has 0 N–H and O–H groups in total. The fourth-order valence-electron chi connectivity index (χ4n) is 1.81. The lowest BCUT2D eigenvalue weighted by atomic mass is 10.3. The molecule has 0 saturated carbocycles. The SMILES string of the molecule is Cc1cc(CSc2nnc3c(Cl)cc(C(F)(F)F)cn23)no1. The molecular weight excluding hydrogens is 341 g/mol. The van der Waals surface area contributed by atoms with Crippen LogP contribution in [0.4, 0.5) is 13.2 Å². The first kappa shape index (κ1) is 15.2. The van der Waals surface area contributed by atoms with E-state index in [1.165, 1.54) is 16.2 Å². The van der Waals surface area contributed by atoms with Crippen molar-refractivity contribution in [2.75, 3.05) is 0 Å². The number of hydrogen-bond acceptors (Lipinski definition) is 5. The molecule has 3 rings (SSSR count). The van der Waals surface area contributed by atoms with Crippen LogP contribution in [0.5, 0.6) is 0 Å². The quantitative estimate of drug-likeness (QED) is 0.670. The van der Waals surface area contributed by atoms with Crippen LogP contribution in [-0.2, 0) is 11.9 Å². The standard InChI is InChI=1S/C12H8ClF3N4OS/c1-6-2-8(19-21-6)5-22-11-18-17-10-9(13)3-7(4-20(10)11)12(14,15)16/h2-4H,5H2,1H3. The van der Waals surface area contributed by atoms with Gasteiger partial charge in [0.05, 0.1) is 16.3 Å². The maximum Gasteiger partial charge on any atom is 0.417 e. The van der Waals surface area contributed by atoms with E-state index in [4.69, 9.17) is 16.1 Å². The van der Waals surface area contributed by atoms with E-state index in [9.17, 15) is 13.2 Å². The summed E-state index contributed by atoms with van der Waals surface area (Å²) in [7, 11) is 0. The Labute approximate surface area is 131 Å². The maximum absolute atomic E-state index is 12.8. The summed E-state index contributed by atoms with van der Waals surface area (Å²) < 4.78 is 44.7. The van der Waals surface area contributed by atoms with Gasteiger partial charge in [0.25, 0.3) is 0 Å². The highest BCUT2D eigenvalue weighted by molar-refractivity contribution is 7.98. The number of fused-ring (bicyclic) bond motifs is 1. The smallest absolute Gasteiger partial charge is 0.361 e. The first-order chi connectivity index (χ1) is 10.3. The zero-order valence-corrected chi connectivity index (χ0v) is 12.6. The molecule has 0 unspecified atom stereocenters. The highest BCUT2D eigenvalue weighted by Crippen LogP contribution is 2.33. The number of hydrogen-bond donors (Lipinski definition) is 0. The third-order valence-corrected chi connectivity index (χ3v) is 4.04. The Morgan fingerprint density at radius 3 is 2.73 bits per heavy atom. The van der Waals surface area contributed by atoms with Gasteiger partial charge in [-0.15, -0.1) is 10.2 Å². The topological polar surface area (TPSA) is 56.2 Å². The van der Waals surface area contributed by atoms with E-state index in [0.717, 1.165) is 12.3 Å². The number of halogens is 4. The van der Waals surface area contributed by atoms with Crippen LogP contribution in [-0.4, -0.2) is 19.8 Å². The zero-order chi connectivity index (χ0) is 15.9. The van der Waals surface area contributed by atoms with Gasteiger partial charge in [0.15, 0.2) is 10.8 Å². The third-order valence-electron chi connectivity index (χ3n) is 2.78. The lowest BCUT2D eigenvalue weighted by Gasteiger charge is -2.08. The van der Waals surface area contributed by atoms with Gasteiger partial charge in [-0.05, 0) is 13.0 Å². The number of rotatable bonds is 3. The fourth-order valence-corrected chi connectivity index (χ4v) is 2.85. The first-order valence-corrected chi connectivity index (χ1v) is 7.37. The summed E-state index contributed by atoms with van der Waals surface area (Å²) >= 11 is 7.03. The fraction of sp³-hybridized carbons (Fsp3) is 0.250. The van der Waals surface area contributed by atoms with Gasteiger partial charge in [-0.3, -0.25) is 4.40 Å². The molecule has 3 aromatic heterocycles. The monoisotopic (exact) mass is 348 g/mol. The zero-order valence-electron chi connectivity index (χ0n) is 11.1. The highest BCUT2D eigenvalue weighted by atomic mass is 35.5. The Bertz CT molecular complexity index is 829. The second kappa shape index (κ2) is 5.47. The van der Waals surface area contributed by atoms with E-state index in [0.29, 0.717) is 22.4 Å². The van der Waals surface area contributed by atoms with Gasteiger partial charge in [-0.25, -0.2) is 0 Å². The van der Waals surface area contributed by atoms with Crippen molar-refractivity contribution < 1.29 is 17.7 Å². The van der Waals surface area contributed by atoms with Crippen molar-refractivity contribution >= 4 is 29.0 Å². The van der Waals surface area contributed by atoms with Crippen molar-refractivity contribution in [3.63, 3.8) is 0 Å². The summed E-state index contributed by atoms with van der Waals surface area (Å²) in [5, 5.41) is 11.7. The van der Waals surface area contributed by atoms with Gasteiger partial charge in [0.1, 0.15) is 5.76 Å². The predicted octanol–water partition coefficient (Wildman–Crippen LogP) is 3.99. The molecule has 0 atom stereocenters. The molecule has 10 heteroatoms. The Hall–Kier alpha value is -1.74. The molecule has 0 aliphatic heterocycles. The van der Waals surface area contributed by atoms with Crippen molar-refractivity contribution in [3.05, 3.63) is 40.4 Å². The van der Waals surface area contributed by atoms with Crippen molar-refractivity contribution in [1.82, 2.24) is 19.8 Å². The molecule has 0 radical (unpaired) electrons. The number of aromatic nitrogens is 4. The second-order valence-electron chi connectivity index (χ2n) is 4.47. The number of alkyl halides is 3. The van der Waals surface area contributed by atoms with Gasteiger partial charge in [0, 0.05) is 18.0 Å². The van der Waals surface area contributed by atoms with Gasteiger partial charge in [-0.1, -0.05) is 28.5 Å². The Kier molecular flexibility index (Phi) is 3.77. The molecular formula is C12H8ClF3N4OS. The summed E-state index contributed by atoms with van der Waals surface area (Å²) in [4.78, 5) is 0. The van der Waals surface area contributed by atoms with Gasteiger partial charge in [-0.2, -0.15) is 13.2 Å². The molecule has 0 saturated heterocycles. The largest absolute Gasteiger partial charge is 0.417 e. The Morgan fingerprint density at radius 2 is 2.09 bits per heavy atom. The van der Waals surface area contributed by atoms with Crippen molar-refractivity contribution in [2.45, 2.75) is 24.0 Å². The van der Waals surface area contributed by atoms with Crippen LogP contribution in [0.2, 0.25) is 5.02 Å². The number of thioether (sulfide) groups is 1. The highest BCUT2D eigenvalue weighted by Gasteiger charge is 2.32. The molecule has 3 heterocycles. The second-order valence-corrected chi connectivity index (χ2v) is 5.82. The minimum Gasteiger partial charge on any atom is -0.361 e. The van der Waals surface area contributed by atoms with Gasteiger partial charge < -0.3 is 4.52 Å². The Balaban J connectivity index is 1.94. The summed E-state index contributed by atoms with van der Waals surface area (Å²) in [6, 6.07) is 2.57. The molecule has 116 valence electrons. The number of nitrogens with zero attached hydrogens (tertiary/aromatic N) is 4. The molecule has 0 bridgehead atoms. The lowest BCUT2D eigenvalue weighted by molar-refractivity contribution is -0.137. The van der Waals surface area contributed by atoms with Crippen LogP contribution in [0.3, 0.4) is 0 Å². The molecule has 3 aromatic rings. The van der Waals surface area contributed by atoms with E-state index in [1.54, 1.807) is 13.0 Å². The third kappa shape index (κ3) is 2.91. The van der Waals surface area contributed by atoms with Crippen LogP contribution in [0.25, 0.3) is 5.65 Å². The molecule has 0 spiro atoms. The van der Waals surface area contributed by atoms with Crippen LogP contribution in [0.15, 0.2) is 28.0 Å². The van der Waals surface area contributed by atoms with Gasteiger partial charge in [0.2, 0.25) is 0 Å². The van der Waals surface area contributed by atoms with E-state index >= 15 is 0 Å². The number of aryl methyl sites for hydroxylation is 1. The van der Waals surface area contributed by atoms with Gasteiger partial charge >= 0.3 is 6.18 Å². The van der Waals surface area contributed by atoms with Crippen molar-refractivity contribution in [1.29, 1.82) is 0 Å². The van der Waals surface area contributed by atoms with Crippen LogP contribution >= 0.6 is 23.4 Å². The molecule has 22 heavy (non-hydrogen) atoms. The van der Waals surface area contributed by atoms with E-state index in [1.807, 2.05) is 0 Å². The minimum atomic E-state index is -4.49. The van der Waals surface area contributed by atoms with Crippen LogP contribution in [0, 0.1) is 6.92 Å². The lowest BCUT2D eigenvalue weighted by Crippen LogP contribution is -2.07. The van der Waals surface area contributed by atoms with Crippen LogP contribution in [0.1, 0.15) is 17.0 Å². The van der Waals surface area contributed by atoms with Crippen LogP contribution < -0.4 is 0 Å². The van der Waals surface area contributed by atoms with E-state index in [2.05, 4.69) is 15.4 Å². The van der Waals surface area contributed by atoms with E-state index in [-0.39, 0.29) is 10.7 Å². The summed E-state index contributed by atoms with van der Waals surface area (Å²) in [5.41, 5.74) is -0.0187. The maximum atomic E-state index is 12.8. The average molecular weight is 349 g/mol. The summed E-state index contributed by atoms with van der Waals surface area (Å²) in [6.07, 6.45) is -3.56. The average Bonchev–Trinajstić information content (AvgIpc) is 3.02. The normalized spacial score (nSPS) is 12.2. The van der Waals surface area contributed by atoms with E-state index < -0.39 is 11.7 Å². The molecule has 0 aliphatic carbocycles. The summed E-state index contributed by atoms with van der Waals surface area (Å²) in [6.45, 7) is 1.75. The molecule has 5 nitrogen and oxygen atoms in total. The van der Waals surface area contributed by atoms with Crippen molar-refractivity contribution in [2.24, 2.45) is 0 Å². The predicted molar refractivity (Wildman–Crippen MR) is 73.8 cm³/mol. The number of pyridine rings is 1.